The third-order valence-electron chi connectivity index (χ3n) is 11.2. The summed E-state index contributed by atoms with van der Waals surface area (Å²) in [5, 5.41) is 0. The maximum atomic E-state index is 12.8. The summed E-state index contributed by atoms with van der Waals surface area (Å²) in [7, 11) is 0. The van der Waals surface area contributed by atoms with E-state index in [4.69, 9.17) is 14.2 Å². The van der Waals surface area contributed by atoms with Gasteiger partial charge in [0.1, 0.15) is 13.2 Å². The Hall–Kier alpha value is -4.19. The van der Waals surface area contributed by atoms with Crippen LogP contribution in [0.15, 0.2) is 122 Å². The third kappa shape index (κ3) is 52.8. The highest BCUT2D eigenvalue weighted by atomic mass is 16.6. The molecule has 0 fully saturated rings. The van der Waals surface area contributed by atoms with E-state index in [2.05, 4.69) is 142 Å². The van der Waals surface area contributed by atoms with Gasteiger partial charge < -0.3 is 14.2 Å². The zero-order valence-corrected chi connectivity index (χ0v) is 43.8. The predicted octanol–water partition coefficient (Wildman–Crippen LogP) is 18.5. The lowest BCUT2D eigenvalue weighted by Crippen LogP contribution is -2.30. The smallest absolute Gasteiger partial charge is 0.306 e. The largest absolute Gasteiger partial charge is 0.462 e. The van der Waals surface area contributed by atoms with Crippen LogP contribution in [0.2, 0.25) is 0 Å². The molecule has 0 aromatic carbocycles. The molecule has 1 atom stereocenters. The van der Waals surface area contributed by atoms with Crippen molar-refractivity contribution in [1.29, 1.82) is 0 Å². The number of unbranched alkanes of at least 4 members (excludes halogenated alkanes) is 17. The number of ether oxygens (including phenoxy) is 3. The Morgan fingerprint density at radius 1 is 0.309 bits per heavy atom. The Morgan fingerprint density at radius 2 is 0.574 bits per heavy atom. The lowest BCUT2D eigenvalue weighted by atomic mass is 10.1. The molecule has 0 radical (unpaired) electrons. The van der Waals surface area contributed by atoms with E-state index in [9.17, 15) is 14.4 Å². The molecular formula is C62H100O6. The van der Waals surface area contributed by atoms with Gasteiger partial charge in [0.25, 0.3) is 0 Å². The number of carbonyl (C=O) groups is 3. The summed E-state index contributed by atoms with van der Waals surface area (Å²) in [4.78, 5) is 38.0. The van der Waals surface area contributed by atoms with Gasteiger partial charge >= 0.3 is 17.9 Å². The number of hydrogen-bond acceptors (Lipinski definition) is 6. The molecule has 0 aliphatic carbocycles. The van der Waals surface area contributed by atoms with Crippen LogP contribution in [0.5, 0.6) is 0 Å². The predicted molar refractivity (Wildman–Crippen MR) is 293 cm³/mol. The normalized spacial score (nSPS) is 13.0. The van der Waals surface area contributed by atoms with Crippen LogP contribution in [0.25, 0.3) is 0 Å². The molecule has 6 nitrogen and oxygen atoms in total. The lowest BCUT2D eigenvalue weighted by Gasteiger charge is -2.18. The first-order chi connectivity index (χ1) is 33.5. The van der Waals surface area contributed by atoms with Crippen molar-refractivity contribution in [1.82, 2.24) is 0 Å². The number of carbonyl (C=O) groups excluding carboxylic acids is 3. The first kappa shape index (κ1) is 63.8. The summed E-state index contributed by atoms with van der Waals surface area (Å²) < 4.78 is 16.8. The molecule has 0 aromatic rings. The molecule has 0 aromatic heterocycles. The van der Waals surface area contributed by atoms with E-state index in [1.54, 1.807) is 0 Å². The molecule has 0 aliphatic heterocycles. The molecule has 1 unspecified atom stereocenters. The van der Waals surface area contributed by atoms with E-state index in [0.717, 1.165) is 148 Å². The summed E-state index contributed by atoms with van der Waals surface area (Å²) in [5.74, 6) is -0.957. The first-order valence-corrected chi connectivity index (χ1v) is 27.5. The van der Waals surface area contributed by atoms with Crippen LogP contribution >= 0.6 is 0 Å². The molecule has 0 saturated carbocycles. The summed E-state index contributed by atoms with van der Waals surface area (Å²) in [6.45, 7) is 6.34. The van der Waals surface area contributed by atoms with Gasteiger partial charge in [-0.15, -0.1) is 0 Å². The molecule has 0 spiro atoms. The van der Waals surface area contributed by atoms with Crippen molar-refractivity contribution in [2.75, 3.05) is 13.2 Å². The van der Waals surface area contributed by atoms with Crippen molar-refractivity contribution >= 4 is 17.9 Å². The highest BCUT2D eigenvalue weighted by Gasteiger charge is 2.19. The number of esters is 3. The molecular weight excluding hydrogens is 841 g/mol. The Balaban J connectivity index is 4.45. The van der Waals surface area contributed by atoms with Gasteiger partial charge in [-0.25, -0.2) is 0 Å². The van der Waals surface area contributed by atoms with Gasteiger partial charge in [0.2, 0.25) is 0 Å². The number of allylic oxidation sites excluding steroid dienone is 20. The fourth-order valence-corrected chi connectivity index (χ4v) is 7.14. The maximum Gasteiger partial charge on any atom is 0.306 e. The topological polar surface area (TPSA) is 78.9 Å². The van der Waals surface area contributed by atoms with Crippen LogP contribution in [-0.2, 0) is 28.6 Å². The third-order valence-corrected chi connectivity index (χ3v) is 11.2. The van der Waals surface area contributed by atoms with E-state index in [1.807, 2.05) is 0 Å². The highest BCUT2D eigenvalue weighted by Crippen LogP contribution is 2.14. The van der Waals surface area contributed by atoms with E-state index < -0.39 is 6.10 Å². The average molecular weight is 941 g/mol. The summed E-state index contributed by atoms with van der Waals surface area (Å²) in [6.07, 6.45) is 76.1. The first-order valence-electron chi connectivity index (χ1n) is 27.5. The standard InChI is InChI=1S/C62H100O6/c1-4-7-10-13-16-19-22-24-26-28-30-31-33-34-36-38-40-43-46-49-52-55-61(64)67-58-59(57-66-60(63)54-51-48-45-42-21-18-15-12-9-6-3)68-62(65)56-53-50-47-44-41-39-37-35-32-29-27-25-23-20-17-14-11-8-5-2/h7-8,10-11,16-17,19-20,24-27,30-32,34-36,39,41,59H,4-6,9,12-15,18,21-23,28-29,33,37-38,40,42-58H2,1-3H3/b10-7-,11-8-,19-16-,20-17-,26-24-,27-25-,31-30-,35-32-,36-34-,41-39-. The second-order valence-electron chi connectivity index (χ2n) is 17.7. The summed E-state index contributed by atoms with van der Waals surface area (Å²) >= 11 is 0. The molecule has 0 heterocycles. The summed E-state index contributed by atoms with van der Waals surface area (Å²) in [5.41, 5.74) is 0. The van der Waals surface area contributed by atoms with Gasteiger partial charge in [0.05, 0.1) is 0 Å². The Bertz CT molecular complexity index is 1450. The van der Waals surface area contributed by atoms with E-state index in [-0.39, 0.29) is 37.5 Å². The molecule has 68 heavy (non-hydrogen) atoms. The van der Waals surface area contributed by atoms with E-state index >= 15 is 0 Å². The molecule has 0 amide bonds. The number of rotatable bonds is 48. The average Bonchev–Trinajstić information content (AvgIpc) is 3.34. The monoisotopic (exact) mass is 941 g/mol. The second-order valence-corrected chi connectivity index (χ2v) is 17.7. The fourth-order valence-electron chi connectivity index (χ4n) is 7.14. The van der Waals surface area contributed by atoms with E-state index in [0.29, 0.717) is 12.8 Å². The molecule has 0 aliphatic rings. The van der Waals surface area contributed by atoms with Crippen LogP contribution in [0.3, 0.4) is 0 Å². The van der Waals surface area contributed by atoms with Crippen molar-refractivity contribution < 1.29 is 28.6 Å². The molecule has 0 N–H and O–H groups in total. The molecule has 384 valence electrons. The van der Waals surface area contributed by atoms with Crippen LogP contribution in [-0.4, -0.2) is 37.2 Å². The van der Waals surface area contributed by atoms with Crippen molar-refractivity contribution in [2.24, 2.45) is 0 Å². The minimum absolute atomic E-state index is 0.0996. The quantitative estimate of drug-likeness (QED) is 0.0262. The minimum Gasteiger partial charge on any atom is -0.462 e. The van der Waals surface area contributed by atoms with Gasteiger partial charge in [-0.2, -0.15) is 0 Å². The maximum absolute atomic E-state index is 12.8. The Morgan fingerprint density at radius 3 is 0.912 bits per heavy atom. The van der Waals surface area contributed by atoms with Gasteiger partial charge in [-0.05, 0) is 109 Å². The second kappa shape index (κ2) is 55.4. The fraction of sp³-hybridized carbons (Fsp3) is 0.629. The molecule has 6 heteroatoms. The SMILES string of the molecule is CC/C=C\C/C=C\C/C=C\C/C=C\C/C=C\CCCCCCCC(=O)OCC(COC(=O)CCCCCCCCCCCC)OC(=O)CCCCC/C=C\C/C=C\C/C=C\C/C=C\C/C=C\CC. The van der Waals surface area contributed by atoms with E-state index in [1.165, 1.54) is 44.9 Å². The Labute approximate surface area is 418 Å². The van der Waals surface area contributed by atoms with Gasteiger partial charge in [0.15, 0.2) is 6.10 Å². The van der Waals surface area contributed by atoms with Crippen molar-refractivity contribution in [3.63, 3.8) is 0 Å². The van der Waals surface area contributed by atoms with Gasteiger partial charge in [0, 0.05) is 19.3 Å². The highest BCUT2D eigenvalue weighted by molar-refractivity contribution is 5.71. The minimum atomic E-state index is -0.805. The van der Waals surface area contributed by atoms with Crippen LogP contribution < -0.4 is 0 Å². The molecule has 0 bridgehead atoms. The molecule has 0 rings (SSSR count). The van der Waals surface area contributed by atoms with Gasteiger partial charge in [-0.1, -0.05) is 226 Å². The zero-order chi connectivity index (χ0) is 49.3. The Kier molecular flexibility index (Phi) is 52.0. The van der Waals surface area contributed by atoms with Gasteiger partial charge in [-0.3, -0.25) is 14.4 Å². The van der Waals surface area contributed by atoms with Crippen LogP contribution in [0.1, 0.15) is 233 Å². The van der Waals surface area contributed by atoms with Crippen LogP contribution in [0.4, 0.5) is 0 Å². The van der Waals surface area contributed by atoms with Crippen molar-refractivity contribution in [3.8, 4) is 0 Å². The zero-order valence-electron chi connectivity index (χ0n) is 43.8. The van der Waals surface area contributed by atoms with Crippen molar-refractivity contribution in [2.45, 2.75) is 239 Å². The van der Waals surface area contributed by atoms with Crippen molar-refractivity contribution in [3.05, 3.63) is 122 Å². The number of hydrogen-bond donors (Lipinski definition) is 0. The molecule has 0 saturated heterocycles. The lowest BCUT2D eigenvalue weighted by molar-refractivity contribution is -0.167. The summed E-state index contributed by atoms with van der Waals surface area (Å²) in [6, 6.07) is 0. The van der Waals surface area contributed by atoms with Crippen LogP contribution in [0, 0.1) is 0 Å².